The van der Waals surface area contributed by atoms with E-state index in [0.29, 0.717) is 6.61 Å². The molecule has 1 heterocycles. The number of nitrogens with two attached hydrogens (primary N) is 1. The number of rotatable bonds is 3. The maximum Gasteiger partial charge on any atom is 0.129 e. The Morgan fingerprint density at radius 3 is 2.60 bits per heavy atom. The van der Waals surface area contributed by atoms with Gasteiger partial charge in [-0.05, 0) is 35.9 Å². The fraction of sp³-hybridized carbons (Fsp3) is 0.0625. The Morgan fingerprint density at radius 2 is 1.80 bits per heavy atom. The summed E-state index contributed by atoms with van der Waals surface area (Å²) in [6, 6.07) is 13.2. The Labute approximate surface area is 122 Å². The second kappa shape index (κ2) is 5.39. The van der Waals surface area contributed by atoms with Crippen LogP contribution in [0.4, 0.5) is 5.69 Å². The maximum atomic E-state index is 5.95. The fourth-order valence-corrected chi connectivity index (χ4v) is 2.18. The van der Waals surface area contributed by atoms with Crippen molar-refractivity contribution >= 4 is 28.1 Å². The highest BCUT2D eigenvalue weighted by Gasteiger charge is 2.05. The number of hydrogen-bond acceptors (Lipinski definition) is 3. The van der Waals surface area contributed by atoms with Gasteiger partial charge in [0.05, 0.1) is 0 Å². The van der Waals surface area contributed by atoms with Crippen LogP contribution in [0.25, 0.3) is 10.8 Å². The molecule has 3 nitrogen and oxygen atoms in total. The van der Waals surface area contributed by atoms with Gasteiger partial charge in [-0.25, -0.2) is 0 Å². The van der Waals surface area contributed by atoms with E-state index in [-0.39, 0.29) is 0 Å². The summed E-state index contributed by atoms with van der Waals surface area (Å²) in [7, 11) is 0. The van der Waals surface area contributed by atoms with Gasteiger partial charge in [-0.2, -0.15) is 0 Å². The molecule has 0 radical (unpaired) electrons. The molecule has 1 aromatic heterocycles. The molecular weight excluding hydrogens is 272 g/mol. The first-order valence-electron chi connectivity index (χ1n) is 6.23. The van der Waals surface area contributed by atoms with E-state index in [1.54, 1.807) is 12.4 Å². The van der Waals surface area contributed by atoms with Crippen LogP contribution in [0.3, 0.4) is 0 Å². The second-order valence-corrected chi connectivity index (χ2v) is 4.93. The van der Waals surface area contributed by atoms with Crippen LogP contribution >= 0.6 is 11.6 Å². The number of benzene rings is 2. The van der Waals surface area contributed by atoms with E-state index in [9.17, 15) is 0 Å². The van der Waals surface area contributed by atoms with Crippen LogP contribution < -0.4 is 10.5 Å². The molecule has 20 heavy (non-hydrogen) atoms. The average Bonchev–Trinajstić information content (AvgIpc) is 2.49. The van der Waals surface area contributed by atoms with E-state index in [4.69, 9.17) is 22.1 Å². The van der Waals surface area contributed by atoms with Gasteiger partial charge in [0.1, 0.15) is 12.4 Å². The van der Waals surface area contributed by atoms with Crippen LogP contribution in [0.5, 0.6) is 5.75 Å². The number of nitrogens with zero attached hydrogens (tertiary/aromatic N) is 1. The SMILES string of the molecule is Nc1ccc(OCc2ccc(Cl)cc2)c2cnccc12. The third kappa shape index (κ3) is 2.53. The van der Waals surface area contributed by atoms with E-state index in [1.165, 1.54) is 0 Å². The Bertz CT molecular complexity index is 741. The number of aromatic nitrogens is 1. The standard InChI is InChI=1S/C16H13ClN2O/c17-12-3-1-11(2-4-12)10-20-16-6-5-15(18)13-7-8-19-9-14(13)16/h1-9H,10,18H2. The molecule has 2 aromatic carbocycles. The predicted molar refractivity (Wildman–Crippen MR) is 81.9 cm³/mol. The van der Waals surface area contributed by atoms with Crippen molar-refractivity contribution in [2.24, 2.45) is 0 Å². The van der Waals surface area contributed by atoms with Crippen LogP contribution in [0.2, 0.25) is 5.02 Å². The monoisotopic (exact) mass is 284 g/mol. The number of nitrogen functional groups attached to an aromatic ring is 1. The van der Waals surface area contributed by atoms with Crippen molar-refractivity contribution in [1.82, 2.24) is 4.98 Å². The summed E-state index contributed by atoms with van der Waals surface area (Å²) < 4.78 is 5.86. The zero-order chi connectivity index (χ0) is 13.9. The zero-order valence-electron chi connectivity index (χ0n) is 10.7. The Kier molecular flexibility index (Phi) is 3.44. The summed E-state index contributed by atoms with van der Waals surface area (Å²) >= 11 is 5.86. The van der Waals surface area contributed by atoms with E-state index in [1.807, 2.05) is 42.5 Å². The lowest BCUT2D eigenvalue weighted by Crippen LogP contribution is -1.97. The summed E-state index contributed by atoms with van der Waals surface area (Å²) in [4.78, 5) is 4.13. The van der Waals surface area contributed by atoms with Crippen LogP contribution in [0.15, 0.2) is 54.9 Å². The zero-order valence-corrected chi connectivity index (χ0v) is 11.5. The third-order valence-electron chi connectivity index (χ3n) is 3.12. The predicted octanol–water partition coefficient (Wildman–Crippen LogP) is 4.05. The second-order valence-electron chi connectivity index (χ2n) is 4.49. The first kappa shape index (κ1) is 12.8. The Hall–Kier alpha value is -2.26. The summed E-state index contributed by atoms with van der Waals surface area (Å²) in [6.07, 6.45) is 3.49. The van der Waals surface area contributed by atoms with Gasteiger partial charge < -0.3 is 10.5 Å². The number of hydrogen-bond donors (Lipinski definition) is 1. The molecule has 100 valence electrons. The average molecular weight is 285 g/mol. The molecule has 0 fully saturated rings. The maximum absolute atomic E-state index is 5.95. The highest BCUT2D eigenvalue weighted by Crippen LogP contribution is 2.29. The third-order valence-corrected chi connectivity index (χ3v) is 3.37. The number of pyridine rings is 1. The molecule has 3 rings (SSSR count). The van der Waals surface area contributed by atoms with Gasteiger partial charge in [0.25, 0.3) is 0 Å². The number of fused-ring (bicyclic) bond motifs is 1. The van der Waals surface area contributed by atoms with E-state index < -0.39 is 0 Å². The molecule has 0 saturated carbocycles. The van der Waals surface area contributed by atoms with E-state index >= 15 is 0 Å². The highest BCUT2D eigenvalue weighted by molar-refractivity contribution is 6.30. The molecule has 0 unspecified atom stereocenters. The van der Waals surface area contributed by atoms with Crippen molar-refractivity contribution in [2.45, 2.75) is 6.61 Å². The lowest BCUT2D eigenvalue weighted by atomic mass is 10.1. The van der Waals surface area contributed by atoms with Crippen LogP contribution in [-0.2, 0) is 6.61 Å². The van der Waals surface area contributed by atoms with Crippen molar-refractivity contribution in [3.8, 4) is 5.75 Å². The minimum absolute atomic E-state index is 0.477. The lowest BCUT2D eigenvalue weighted by Gasteiger charge is -2.10. The van der Waals surface area contributed by atoms with Gasteiger partial charge in [-0.3, -0.25) is 4.98 Å². The number of halogens is 1. The van der Waals surface area contributed by atoms with Crippen molar-refractivity contribution in [3.63, 3.8) is 0 Å². The molecule has 4 heteroatoms. The fourth-order valence-electron chi connectivity index (χ4n) is 2.06. The quantitative estimate of drug-likeness (QED) is 0.738. The summed E-state index contributed by atoms with van der Waals surface area (Å²) in [5, 5.41) is 2.59. The van der Waals surface area contributed by atoms with Crippen molar-refractivity contribution < 1.29 is 4.74 Å². The molecule has 0 atom stereocenters. The van der Waals surface area contributed by atoms with Gasteiger partial charge in [0.15, 0.2) is 0 Å². The first-order chi connectivity index (χ1) is 9.74. The molecule has 0 saturated heterocycles. The van der Waals surface area contributed by atoms with Crippen molar-refractivity contribution in [2.75, 3.05) is 5.73 Å². The van der Waals surface area contributed by atoms with Gasteiger partial charge in [0, 0.05) is 33.9 Å². The summed E-state index contributed by atoms with van der Waals surface area (Å²) in [6.45, 7) is 0.477. The Morgan fingerprint density at radius 1 is 1.00 bits per heavy atom. The number of ether oxygens (including phenoxy) is 1. The van der Waals surface area contributed by atoms with Gasteiger partial charge >= 0.3 is 0 Å². The van der Waals surface area contributed by atoms with Crippen LogP contribution in [-0.4, -0.2) is 4.98 Å². The molecule has 0 aliphatic rings. The topological polar surface area (TPSA) is 48.1 Å². The molecule has 3 aromatic rings. The summed E-state index contributed by atoms with van der Waals surface area (Å²) in [5.74, 6) is 0.775. The molecule has 2 N–H and O–H groups in total. The van der Waals surface area contributed by atoms with Crippen LogP contribution in [0, 0.1) is 0 Å². The minimum Gasteiger partial charge on any atom is -0.488 e. The largest absolute Gasteiger partial charge is 0.488 e. The molecule has 0 aliphatic heterocycles. The van der Waals surface area contributed by atoms with Gasteiger partial charge in [-0.15, -0.1) is 0 Å². The van der Waals surface area contributed by atoms with Crippen molar-refractivity contribution in [1.29, 1.82) is 0 Å². The molecular formula is C16H13ClN2O. The normalized spacial score (nSPS) is 10.7. The van der Waals surface area contributed by atoms with E-state index in [0.717, 1.165) is 32.8 Å². The van der Waals surface area contributed by atoms with Crippen molar-refractivity contribution in [3.05, 3.63) is 65.4 Å². The first-order valence-corrected chi connectivity index (χ1v) is 6.61. The highest BCUT2D eigenvalue weighted by atomic mass is 35.5. The molecule has 0 amide bonds. The molecule has 0 spiro atoms. The molecule has 0 aliphatic carbocycles. The van der Waals surface area contributed by atoms with Gasteiger partial charge in [-0.1, -0.05) is 23.7 Å². The van der Waals surface area contributed by atoms with E-state index in [2.05, 4.69) is 4.98 Å². The van der Waals surface area contributed by atoms with Crippen LogP contribution in [0.1, 0.15) is 5.56 Å². The van der Waals surface area contributed by atoms with Gasteiger partial charge in [0.2, 0.25) is 0 Å². The number of anilines is 1. The lowest BCUT2D eigenvalue weighted by molar-refractivity contribution is 0.310. The smallest absolute Gasteiger partial charge is 0.129 e. The molecule has 0 bridgehead atoms. The Balaban J connectivity index is 1.88. The summed E-state index contributed by atoms with van der Waals surface area (Å²) in [5.41, 5.74) is 7.73. The minimum atomic E-state index is 0.477.